The van der Waals surface area contributed by atoms with Crippen LogP contribution in [0.1, 0.15) is 5.56 Å². The molecule has 1 aromatic rings. The van der Waals surface area contributed by atoms with Gasteiger partial charge in [-0.3, -0.25) is 0 Å². The van der Waals surface area contributed by atoms with E-state index in [4.69, 9.17) is 23.2 Å². The highest BCUT2D eigenvalue weighted by atomic mass is 35.5. The van der Waals surface area contributed by atoms with Gasteiger partial charge in [0.05, 0.1) is 5.75 Å². The Labute approximate surface area is 98.1 Å². The largest absolute Gasteiger partial charge is 0.217 e. The van der Waals surface area contributed by atoms with Gasteiger partial charge in [0.25, 0.3) is 0 Å². The van der Waals surface area contributed by atoms with E-state index < -0.39 is 10.0 Å². The first kappa shape index (κ1) is 12.6. The first-order chi connectivity index (χ1) is 6.83. The number of rotatable bonds is 3. The summed E-state index contributed by atoms with van der Waals surface area (Å²) in [5, 5.41) is 7.17. The van der Waals surface area contributed by atoms with Gasteiger partial charge in [-0.2, -0.15) is 0 Å². The number of hydrogen-bond donors (Lipinski definition) is 0. The van der Waals surface area contributed by atoms with Gasteiger partial charge in [-0.05, 0) is 6.07 Å². The van der Waals surface area contributed by atoms with Crippen LogP contribution in [-0.2, 0) is 15.8 Å². The Balaban J connectivity index is 3.05. The zero-order chi connectivity index (χ0) is 11.6. The predicted octanol–water partition coefficient (Wildman–Crippen LogP) is 1.17. The zero-order valence-electron chi connectivity index (χ0n) is 8.11. The van der Waals surface area contributed by atoms with Crippen molar-refractivity contribution in [3.8, 4) is 0 Å². The molecular weight excluding hydrogens is 261 g/mol. The van der Waals surface area contributed by atoms with E-state index >= 15 is 0 Å². The van der Waals surface area contributed by atoms with Crippen molar-refractivity contribution in [3.05, 3.63) is 21.9 Å². The Hall–Kier alpha value is -0.430. The summed E-state index contributed by atoms with van der Waals surface area (Å²) in [5.41, 5.74) is 0.338. The van der Waals surface area contributed by atoms with E-state index in [-0.39, 0.29) is 16.1 Å². The molecule has 0 aliphatic carbocycles. The molecule has 1 heterocycles. The molecule has 0 fully saturated rings. The zero-order valence-corrected chi connectivity index (χ0v) is 10.4. The van der Waals surface area contributed by atoms with Gasteiger partial charge in [0.2, 0.25) is 10.0 Å². The van der Waals surface area contributed by atoms with Crippen LogP contribution in [0, 0.1) is 0 Å². The molecule has 0 aliphatic rings. The van der Waals surface area contributed by atoms with Crippen molar-refractivity contribution in [1.82, 2.24) is 14.5 Å². The number of hydrogen-bond acceptors (Lipinski definition) is 4. The highest BCUT2D eigenvalue weighted by molar-refractivity contribution is 7.88. The van der Waals surface area contributed by atoms with Gasteiger partial charge >= 0.3 is 0 Å². The van der Waals surface area contributed by atoms with Crippen molar-refractivity contribution in [3.63, 3.8) is 0 Å². The van der Waals surface area contributed by atoms with Crippen LogP contribution >= 0.6 is 23.2 Å². The van der Waals surface area contributed by atoms with Crippen molar-refractivity contribution in [2.24, 2.45) is 0 Å². The summed E-state index contributed by atoms with van der Waals surface area (Å²) in [6, 6.07) is 1.39. The highest BCUT2D eigenvalue weighted by Crippen LogP contribution is 2.18. The second-order valence-corrected chi connectivity index (χ2v) is 5.95. The molecule has 1 aromatic heterocycles. The second kappa shape index (κ2) is 4.61. The summed E-state index contributed by atoms with van der Waals surface area (Å²) in [4.78, 5) is 0. The monoisotopic (exact) mass is 269 g/mol. The molecule has 5 nitrogen and oxygen atoms in total. The van der Waals surface area contributed by atoms with Gasteiger partial charge < -0.3 is 0 Å². The summed E-state index contributed by atoms with van der Waals surface area (Å²) in [6.45, 7) is 0. The number of sulfonamides is 1. The van der Waals surface area contributed by atoms with Crippen LogP contribution in [0.3, 0.4) is 0 Å². The third-order valence-corrected chi connectivity index (χ3v) is 3.98. The van der Waals surface area contributed by atoms with Crippen LogP contribution in [0.25, 0.3) is 0 Å². The van der Waals surface area contributed by atoms with Crippen molar-refractivity contribution in [2.45, 2.75) is 5.75 Å². The average molecular weight is 270 g/mol. The third kappa shape index (κ3) is 3.27. The molecule has 0 bridgehead atoms. The quantitative estimate of drug-likeness (QED) is 0.827. The first-order valence-corrected chi connectivity index (χ1v) is 6.27. The molecule has 0 radical (unpaired) electrons. The van der Waals surface area contributed by atoms with E-state index in [9.17, 15) is 8.42 Å². The van der Waals surface area contributed by atoms with Gasteiger partial charge in [0.15, 0.2) is 10.3 Å². The van der Waals surface area contributed by atoms with E-state index in [0.717, 1.165) is 4.31 Å². The molecule has 0 atom stereocenters. The summed E-state index contributed by atoms with van der Waals surface area (Å²) in [7, 11) is -0.480. The minimum atomic E-state index is -3.37. The summed E-state index contributed by atoms with van der Waals surface area (Å²) in [5.74, 6) is -0.242. The third-order valence-electron chi connectivity index (χ3n) is 1.69. The van der Waals surface area contributed by atoms with E-state index in [2.05, 4.69) is 10.2 Å². The minimum absolute atomic E-state index is 0.0461. The predicted molar refractivity (Wildman–Crippen MR) is 58.4 cm³/mol. The summed E-state index contributed by atoms with van der Waals surface area (Å²) in [6.07, 6.45) is 0. The van der Waals surface area contributed by atoms with E-state index in [1.807, 2.05) is 0 Å². The Bertz CT molecular complexity index is 461. The van der Waals surface area contributed by atoms with Crippen LogP contribution in [-0.4, -0.2) is 37.0 Å². The molecule has 0 amide bonds. The maximum absolute atomic E-state index is 11.5. The van der Waals surface area contributed by atoms with Crippen LogP contribution in [0.2, 0.25) is 10.3 Å². The maximum Gasteiger partial charge on any atom is 0.217 e. The average Bonchev–Trinajstić information content (AvgIpc) is 2.10. The Kier molecular flexibility index (Phi) is 3.88. The molecule has 8 heteroatoms. The number of nitrogens with zero attached hydrogens (tertiary/aromatic N) is 3. The SMILES string of the molecule is CN(C)S(=O)(=O)Cc1cc(Cl)nnc1Cl. The van der Waals surface area contributed by atoms with Crippen molar-refractivity contribution >= 4 is 33.2 Å². The lowest BCUT2D eigenvalue weighted by Crippen LogP contribution is -2.24. The summed E-state index contributed by atoms with van der Waals surface area (Å²) < 4.78 is 24.2. The lowest BCUT2D eigenvalue weighted by atomic mass is 10.3. The first-order valence-electron chi connectivity index (χ1n) is 3.91. The Morgan fingerprint density at radius 1 is 1.33 bits per heavy atom. The molecule has 0 unspecified atom stereocenters. The highest BCUT2D eigenvalue weighted by Gasteiger charge is 2.17. The van der Waals surface area contributed by atoms with Crippen molar-refractivity contribution in [1.29, 1.82) is 0 Å². The minimum Gasteiger partial charge on any atom is -0.212 e. The Morgan fingerprint density at radius 3 is 2.47 bits per heavy atom. The standard InChI is InChI=1S/C7H9Cl2N3O2S/c1-12(2)15(13,14)4-5-3-6(8)10-11-7(5)9/h3H,4H2,1-2H3. The van der Waals surface area contributed by atoms with Crippen molar-refractivity contribution < 1.29 is 8.42 Å². The fourth-order valence-corrected chi connectivity index (χ4v) is 2.09. The van der Waals surface area contributed by atoms with E-state index in [1.54, 1.807) is 0 Å². The Morgan fingerprint density at radius 2 is 1.93 bits per heavy atom. The topological polar surface area (TPSA) is 63.2 Å². The maximum atomic E-state index is 11.5. The van der Waals surface area contributed by atoms with Gasteiger partial charge in [-0.1, -0.05) is 23.2 Å². The molecule has 0 aromatic carbocycles. The summed E-state index contributed by atoms with van der Waals surface area (Å²) >= 11 is 11.3. The molecule has 0 saturated heterocycles. The molecule has 0 N–H and O–H groups in total. The molecular formula is C7H9Cl2N3O2S. The van der Waals surface area contributed by atoms with Crippen LogP contribution in [0.4, 0.5) is 0 Å². The smallest absolute Gasteiger partial charge is 0.212 e. The lowest BCUT2D eigenvalue weighted by Gasteiger charge is -2.11. The van der Waals surface area contributed by atoms with Gasteiger partial charge in [0.1, 0.15) is 0 Å². The molecule has 0 spiro atoms. The molecule has 1 rings (SSSR count). The van der Waals surface area contributed by atoms with Crippen molar-refractivity contribution in [2.75, 3.05) is 14.1 Å². The van der Waals surface area contributed by atoms with Crippen LogP contribution in [0.5, 0.6) is 0 Å². The fourth-order valence-electron chi connectivity index (χ4n) is 0.815. The van der Waals surface area contributed by atoms with Crippen LogP contribution < -0.4 is 0 Å². The molecule has 0 aliphatic heterocycles. The number of halogens is 2. The second-order valence-electron chi connectivity index (χ2n) is 3.02. The van der Waals surface area contributed by atoms with Gasteiger partial charge in [-0.15, -0.1) is 10.2 Å². The van der Waals surface area contributed by atoms with Crippen LogP contribution in [0.15, 0.2) is 6.07 Å². The van der Waals surface area contributed by atoms with Gasteiger partial charge in [0, 0.05) is 19.7 Å². The molecule has 15 heavy (non-hydrogen) atoms. The van der Waals surface area contributed by atoms with E-state index in [1.165, 1.54) is 20.2 Å². The number of aromatic nitrogens is 2. The molecule has 84 valence electrons. The van der Waals surface area contributed by atoms with Gasteiger partial charge in [-0.25, -0.2) is 12.7 Å². The van der Waals surface area contributed by atoms with E-state index in [0.29, 0.717) is 5.56 Å². The fraction of sp³-hybridized carbons (Fsp3) is 0.429. The molecule has 0 saturated carbocycles. The lowest BCUT2D eigenvalue weighted by molar-refractivity contribution is 0.519. The normalized spacial score (nSPS) is 12.1.